The maximum atomic E-state index is 12.5. The largest absolute Gasteiger partial charge is 0.368 e. The second kappa shape index (κ2) is 11.6. The van der Waals surface area contributed by atoms with Crippen LogP contribution in [0, 0.1) is 6.92 Å². The van der Waals surface area contributed by atoms with Crippen LogP contribution in [0.15, 0.2) is 11.2 Å². The summed E-state index contributed by atoms with van der Waals surface area (Å²) in [7, 11) is 0. The Morgan fingerprint density at radius 3 is 2.71 bits per heavy atom. The Labute approximate surface area is 184 Å². The molecule has 28 heavy (non-hydrogen) atoms. The number of ether oxygens (including phenoxy) is 1. The number of nitrogens with zero attached hydrogens (tertiary/aromatic N) is 4. The molecule has 2 aliphatic heterocycles. The van der Waals surface area contributed by atoms with Crippen molar-refractivity contribution < 1.29 is 9.53 Å². The minimum Gasteiger partial charge on any atom is -0.368 e. The molecule has 0 radical (unpaired) electrons. The molecule has 2 fully saturated rings. The molecule has 2 N–H and O–H groups in total. The van der Waals surface area contributed by atoms with Gasteiger partial charge in [0.05, 0.1) is 6.20 Å². The van der Waals surface area contributed by atoms with Crippen molar-refractivity contribution in [2.75, 3.05) is 45.9 Å². The van der Waals surface area contributed by atoms with Gasteiger partial charge in [-0.15, -0.1) is 24.0 Å². The fourth-order valence-electron chi connectivity index (χ4n) is 3.62. The van der Waals surface area contributed by atoms with Crippen molar-refractivity contribution in [2.45, 2.75) is 45.6 Å². The number of aliphatic imine (C=N–C) groups is 1. The van der Waals surface area contributed by atoms with E-state index in [1.807, 2.05) is 18.0 Å². The van der Waals surface area contributed by atoms with Crippen molar-refractivity contribution in [3.8, 4) is 0 Å². The number of halogens is 1. The Morgan fingerprint density at radius 2 is 2.11 bits per heavy atom. The fourth-order valence-corrected chi connectivity index (χ4v) is 3.62. The molecule has 2 aliphatic rings. The smallest absolute Gasteiger partial charge is 0.251 e. The average Bonchev–Trinajstić information content (AvgIpc) is 3.36. The van der Waals surface area contributed by atoms with Gasteiger partial charge < -0.3 is 19.9 Å². The van der Waals surface area contributed by atoms with E-state index in [4.69, 9.17) is 9.73 Å². The lowest BCUT2D eigenvalue weighted by atomic mass is 10.1. The third-order valence-corrected chi connectivity index (χ3v) is 5.23. The molecule has 3 heterocycles. The molecular weight excluding hydrogens is 471 g/mol. The summed E-state index contributed by atoms with van der Waals surface area (Å²) in [6.45, 7) is 9.56. The molecule has 1 amide bonds. The second-order valence-corrected chi connectivity index (χ2v) is 7.17. The van der Waals surface area contributed by atoms with Gasteiger partial charge in [0.1, 0.15) is 6.10 Å². The summed E-state index contributed by atoms with van der Waals surface area (Å²) in [6, 6.07) is 0. The number of H-pyrrole nitrogens is 1. The molecule has 0 spiro atoms. The number of hydrogen-bond donors (Lipinski definition) is 2. The molecule has 1 unspecified atom stereocenters. The van der Waals surface area contributed by atoms with E-state index in [0.29, 0.717) is 6.61 Å². The summed E-state index contributed by atoms with van der Waals surface area (Å²) in [6.07, 6.45) is 5.51. The lowest BCUT2D eigenvalue weighted by molar-refractivity contribution is -0.142. The van der Waals surface area contributed by atoms with E-state index in [-0.39, 0.29) is 36.0 Å². The topological polar surface area (TPSA) is 85.9 Å². The summed E-state index contributed by atoms with van der Waals surface area (Å²) in [4.78, 5) is 21.5. The van der Waals surface area contributed by atoms with Gasteiger partial charge in [0.15, 0.2) is 5.96 Å². The Kier molecular flexibility index (Phi) is 9.49. The minimum absolute atomic E-state index is 0. The van der Waals surface area contributed by atoms with Gasteiger partial charge in [0, 0.05) is 51.6 Å². The predicted octanol–water partition coefficient (Wildman–Crippen LogP) is 1.56. The van der Waals surface area contributed by atoms with Crippen LogP contribution in [0.5, 0.6) is 0 Å². The number of aromatic nitrogens is 2. The minimum atomic E-state index is -0.218. The van der Waals surface area contributed by atoms with Gasteiger partial charge in [-0.3, -0.25) is 14.9 Å². The molecule has 158 valence electrons. The molecule has 0 bridgehead atoms. The van der Waals surface area contributed by atoms with Gasteiger partial charge in [0.25, 0.3) is 5.91 Å². The van der Waals surface area contributed by atoms with Crippen LogP contribution in [-0.4, -0.2) is 83.8 Å². The highest BCUT2D eigenvalue weighted by atomic mass is 127. The number of rotatable bonds is 6. The van der Waals surface area contributed by atoms with Crippen LogP contribution in [0.2, 0.25) is 0 Å². The van der Waals surface area contributed by atoms with E-state index >= 15 is 0 Å². The number of carbonyl (C=O) groups is 1. The van der Waals surface area contributed by atoms with Crippen LogP contribution in [0.1, 0.15) is 37.4 Å². The Balaban J connectivity index is 0.00000280. The quantitative estimate of drug-likeness (QED) is 0.266. The maximum Gasteiger partial charge on any atom is 0.251 e. The second-order valence-electron chi connectivity index (χ2n) is 7.17. The van der Waals surface area contributed by atoms with Gasteiger partial charge in [-0.05, 0) is 45.1 Å². The van der Waals surface area contributed by atoms with Crippen molar-refractivity contribution >= 4 is 35.8 Å². The van der Waals surface area contributed by atoms with Crippen molar-refractivity contribution in [2.24, 2.45) is 4.99 Å². The first kappa shape index (κ1) is 22.9. The molecule has 1 aromatic rings. The Morgan fingerprint density at radius 1 is 1.36 bits per heavy atom. The maximum absolute atomic E-state index is 12.5. The molecule has 9 heteroatoms. The monoisotopic (exact) mass is 504 g/mol. The summed E-state index contributed by atoms with van der Waals surface area (Å²) in [5, 5.41) is 10.4. The highest BCUT2D eigenvalue weighted by Crippen LogP contribution is 2.16. The SMILES string of the molecule is CCNC(=NCCCc1cn[nH]c1C)N1CCN(C(=O)C2CCCO2)CC1.I. The first-order valence-corrected chi connectivity index (χ1v) is 10.1. The third kappa shape index (κ3) is 6.07. The van der Waals surface area contributed by atoms with Crippen LogP contribution >= 0.6 is 24.0 Å². The number of hydrogen-bond acceptors (Lipinski definition) is 4. The van der Waals surface area contributed by atoms with Gasteiger partial charge in [-0.25, -0.2) is 0 Å². The molecule has 0 saturated carbocycles. The lowest BCUT2D eigenvalue weighted by Crippen LogP contribution is -2.55. The van der Waals surface area contributed by atoms with Crippen molar-refractivity contribution in [3.05, 3.63) is 17.5 Å². The van der Waals surface area contributed by atoms with E-state index in [1.165, 1.54) is 5.56 Å². The molecule has 1 atom stereocenters. The number of aryl methyl sites for hydroxylation is 2. The average molecular weight is 504 g/mol. The van der Waals surface area contributed by atoms with Crippen LogP contribution in [0.3, 0.4) is 0 Å². The van der Waals surface area contributed by atoms with Crippen LogP contribution in [0.25, 0.3) is 0 Å². The van der Waals surface area contributed by atoms with Crippen molar-refractivity contribution in [3.63, 3.8) is 0 Å². The normalized spacial score (nSPS) is 20.2. The lowest BCUT2D eigenvalue weighted by Gasteiger charge is -2.37. The zero-order valence-electron chi connectivity index (χ0n) is 16.9. The van der Waals surface area contributed by atoms with Crippen LogP contribution < -0.4 is 5.32 Å². The molecular formula is C19H33IN6O2. The van der Waals surface area contributed by atoms with Gasteiger partial charge in [0.2, 0.25) is 0 Å². The highest BCUT2D eigenvalue weighted by molar-refractivity contribution is 14.0. The number of carbonyl (C=O) groups excluding carboxylic acids is 1. The van der Waals surface area contributed by atoms with Gasteiger partial charge in [-0.1, -0.05) is 0 Å². The van der Waals surface area contributed by atoms with Crippen LogP contribution in [-0.2, 0) is 16.0 Å². The summed E-state index contributed by atoms with van der Waals surface area (Å²) in [5.41, 5.74) is 2.40. The Bertz CT molecular complexity index is 636. The number of guanidine groups is 1. The first-order chi connectivity index (χ1) is 13.2. The fraction of sp³-hybridized carbons (Fsp3) is 0.737. The summed E-state index contributed by atoms with van der Waals surface area (Å²) >= 11 is 0. The molecule has 8 nitrogen and oxygen atoms in total. The van der Waals surface area contributed by atoms with Crippen LogP contribution in [0.4, 0.5) is 0 Å². The first-order valence-electron chi connectivity index (χ1n) is 10.1. The highest BCUT2D eigenvalue weighted by Gasteiger charge is 2.30. The van der Waals surface area contributed by atoms with Crippen molar-refractivity contribution in [1.29, 1.82) is 0 Å². The van der Waals surface area contributed by atoms with Crippen molar-refractivity contribution in [1.82, 2.24) is 25.3 Å². The molecule has 2 saturated heterocycles. The number of amides is 1. The predicted molar refractivity (Wildman–Crippen MR) is 120 cm³/mol. The molecule has 0 aliphatic carbocycles. The van der Waals surface area contributed by atoms with E-state index in [2.05, 4.69) is 27.3 Å². The number of piperazine rings is 1. The zero-order chi connectivity index (χ0) is 19.1. The van der Waals surface area contributed by atoms with E-state index < -0.39 is 0 Å². The number of aromatic amines is 1. The Hall–Kier alpha value is -1.36. The van der Waals surface area contributed by atoms with E-state index in [9.17, 15) is 4.79 Å². The van der Waals surface area contributed by atoms with Gasteiger partial charge in [-0.2, -0.15) is 5.10 Å². The molecule has 3 rings (SSSR count). The van der Waals surface area contributed by atoms with E-state index in [1.54, 1.807) is 0 Å². The summed E-state index contributed by atoms with van der Waals surface area (Å²) < 4.78 is 5.54. The standard InChI is InChI=1S/C19H32N6O2.HI/c1-3-20-19(21-8-4-6-16-14-22-23-15(16)2)25-11-9-24(10-12-25)18(26)17-7-5-13-27-17;/h14,17H,3-13H2,1-2H3,(H,20,21)(H,22,23);1H. The molecule has 1 aromatic heterocycles. The zero-order valence-corrected chi connectivity index (χ0v) is 19.3. The van der Waals surface area contributed by atoms with E-state index in [0.717, 1.165) is 76.6 Å². The third-order valence-electron chi connectivity index (χ3n) is 5.23. The molecule has 0 aromatic carbocycles. The van der Waals surface area contributed by atoms with Gasteiger partial charge >= 0.3 is 0 Å². The summed E-state index contributed by atoms with van der Waals surface area (Å²) in [5.74, 6) is 1.11. The number of nitrogens with one attached hydrogen (secondary N) is 2.